The highest BCUT2D eigenvalue weighted by atomic mass is 79.9. The summed E-state index contributed by atoms with van der Waals surface area (Å²) in [5.74, 6) is -0.514. The van der Waals surface area contributed by atoms with E-state index in [0.29, 0.717) is 35.8 Å². The van der Waals surface area contributed by atoms with E-state index in [4.69, 9.17) is 4.74 Å². The summed E-state index contributed by atoms with van der Waals surface area (Å²) in [7, 11) is 0. The second-order valence-corrected chi connectivity index (χ2v) is 9.42. The number of nitrogens with one attached hydrogen (secondary N) is 1. The van der Waals surface area contributed by atoms with Crippen LogP contribution in [0.1, 0.15) is 50.6 Å². The molecule has 0 fully saturated rings. The Balaban J connectivity index is 1.13. The van der Waals surface area contributed by atoms with Crippen LogP contribution in [-0.2, 0) is 4.74 Å². The van der Waals surface area contributed by atoms with Crippen LogP contribution in [0.4, 0.5) is 4.79 Å². The predicted molar refractivity (Wildman–Crippen MR) is 137 cm³/mol. The molecule has 6 nitrogen and oxygen atoms in total. The normalized spacial score (nSPS) is 14.9. The summed E-state index contributed by atoms with van der Waals surface area (Å²) < 4.78 is 5.64. The minimum absolute atomic E-state index is 0.00407. The Morgan fingerprint density at radius 2 is 1.37 bits per heavy atom. The minimum Gasteiger partial charge on any atom is -0.449 e. The summed E-state index contributed by atoms with van der Waals surface area (Å²) in [5, 5.41) is 3.45. The SMILES string of the molecule is O=C(N[C@H](CBr)CCCN1C(=O)c2ccccc2C1=O)OCC1c2ccccc2-c2ccccc21. The number of rotatable bonds is 8. The monoisotopic (exact) mass is 532 g/mol. The third-order valence-corrected chi connectivity index (χ3v) is 7.45. The van der Waals surface area contributed by atoms with E-state index < -0.39 is 6.09 Å². The first-order valence-electron chi connectivity index (χ1n) is 11.7. The first kappa shape index (κ1) is 23.3. The van der Waals surface area contributed by atoms with Gasteiger partial charge in [0.1, 0.15) is 6.61 Å². The van der Waals surface area contributed by atoms with Crippen LogP contribution in [-0.4, -0.2) is 47.3 Å². The average Bonchev–Trinajstić information content (AvgIpc) is 3.34. The minimum atomic E-state index is -0.475. The number of carbonyl (C=O) groups excluding carboxylic acids is 3. The second-order valence-electron chi connectivity index (χ2n) is 8.77. The molecule has 3 aromatic rings. The van der Waals surface area contributed by atoms with Gasteiger partial charge in [-0.3, -0.25) is 14.5 Å². The molecule has 178 valence electrons. The molecule has 0 saturated heterocycles. The van der Waals surface area contributed by atoms with Gasteiger partial charge in [-0.15, -0.1) is 0 Å². The fourth-order valence-electron chi connectivity index (χ4n) is 4.93. The van der Waals surface area contributed by atoms with Crippen molar-refractivity contribution in [2.24, 2.45) is 0 Å². The third kappa shape index (κ3) is 4.48. The van der Waals surface area contributed by atoms with Gasteiger partial charge >= 0.3 is 6.09 Å². The van der Waals surface area contributed by atoms with Crippen molar-refractivity contribution < 1.29 is 19.1 Å². The standard InChI is InChI=1S/C28H25BrN2O4/c29-16-18(8-7-15-31-26(32)23-13-5-6-14-24(23)27(31)33)30-28(34)35-17-25-21-11-3-1-9-19(21)20-10-2-4-12-22(20)25/h1-6,9-14,18,25H,7-8,15-17H2,(H,30,34)/t18-/m0/s1. The largest absolute Gasteiger partial charge is 0.449 e. The van der Waals surface area contributed by atoms with E-state index in [2.05, 4.69) is 45.5 Å². The van der Waals surface area contributed by atoms with Crippen LogP contribution in [0.25, 0.3) is 11.1 Å². The third-order valence-electron chi connectivity index (χ3n) is 6.66. The molecule has 0 unspecified atom stereocenters. The van der Waals surface area contributed by atoms with Gasteiger partial charge in [-0.05, 0) is 47.2 Å². The lowest BCUT2D eigenvalue weighted by Crippen LogP contribution is -2.38. The summed E-state index contributed by atoms with van der Waals surface area (Å²) >= 11 is 3.45. The summed E-state index contributed by atoms with van der Waals surface area (Å²) in [6.07, 6.45) is 0.700. The number of hydrogen-bond acceptors (Lipinski definition) is 4. The Kier molecular flexibility index (Phi) is 6.68. The first-order chi connectivity index (χ1) is 17.1. The molecule has 2 aliphatic rings. The highest BCUT2D eigenvalue weighted by molar-refractivity contribution is 9.09. The smallest absolute Gasteiger partial charge is 0.407 e. The number of imide groups is 1. The molecule has 1 heterocycles. The van der Waals surface area contributed by atoms with Crippen LogP contribution in [0.3, 0.4) is 0 Å². The maximum atomic E-state index is 12.6. The fourth-order valence-corrected chi connectivity index (χ4v) is 5.42. The number of nitrogens with zero attached hydrogens (tertiary/aromatic N) is 1. The van der Waals surface area contributed by atoms with E-state index >= 15 is 0 Å². The Bertz CT molecular complexity index is 1210. The zero-order valence-electron chi connectivity index (χ0n) is 19.1. The number of alkyl carbamates (subject to hydrolysis) is 1. The van der Waals surface area contributed by atoms with E-state index in [1.165, 1.54) is 27.2 Å². The molecule has 1 N–H and O–H groups in total. The number of halogens is 1. The van der Waals surface area contributed by atoms with Gasteiger partial charge in [0.05, 0.1) is 11.1 Å². The average molecular weight is 533 g/mol. The molecular formula is C28H25BrN2O4. The summed E-state index contributed by atoms with van der Waals surface area (Å²) in [6, 6.07) is 23.1. The van der Waals surface area contributed by atoms with Gasteiger partial charge in [-0.25, -0.2) is 4.79 Å². The van der Waals surface area contributed by atoms with E-state index in [1.54, 1.807) is 24.3 Å². The van der Waals surface area contributed by atoms with Crippen LogP contribution >= 0.6 is 15.9 Å². The van der Waals surface area contributed by atoms with E-state index in [1.807, 2.05) is 24.3 Å². The maximum absolute atomic E-state index is 12.6. The van der Waals surface area contributed by atoms with Gasteiger partial charge in [0.2, 0.25) is 0 Å². The molecule has 0 spiro atoms. The highest BCUT2D eigenvalue weighted by Gasteiger charge is 2.34. The van der Waals surface area contributed by atoms with Gasteiger partial charge in [0, 0.05) is 23.8 Å². The van der Waals surface area contributed by atoms with Crippen LogP contribution < -0.4 is 5.32 Å². The summed E-state index contributed by atoms with van der Waals surface area (Å²) in [4.78, 5) is 38.9. The fraction of sp³-hybridized carbons (Fsp3) is 0.250. The lowest BCUT2D eigenvalue weighted by Gasteiger charge is -2.20. The molecule has 0 radical (unpaired) electrons. The lowest BCUT2D eigenvalue weighted by molar-refractivity contribution is 0.0649. The van der Waals surface area contributed by atoms with Crippen molar-refractivity contribution >= 4 is 33.8 Å². The molecule has 1 atom stereocenters. The van der Waals surface area contributed by atoms with Gasteiger partial charge in [-0.1, -0.05) is 76.6 Å². The topological polar surface area (TPSA) is 75.7 Å². The number of benzene rings is 3. The Labute approximate surface area is 212 Å². The molecule has 1 aliphatic heterocycles. The van der Waals surface area contributed by atoms with Crippen molar-refractivity contribution in [3.8, 4) is 11.1 Å². The summed E-state index contributed by atoms with van der Waals surface area (Å²) in [5.41, 5.74) is 5.60. The van der Waals surface area contributed by atoms with E-state index in [0.717, 1.165) is 0 Å². The Morgan fingerprint density at radius 3 is 1.91 bits per heavy atom. The number of ether oxygens (including phenoxy) is 1. The number of amides is 3. The van der Waals surface area contributed by atoms with E-state index in [9.17, 15) is 14.4 Å². The van der Waals surface area contributed by atoms with Crippen LogP contribution in [0, 0.1) is 0 Å². The van der Waals surface area contributed by atoms with Crippen molar-refractivity contribution in [3.05, 3.63) is 95.1 Å². The molecule has 35 heavy (non-hydrogen) atoms. The molecular weight excluding hydrogens is 508 g/mol. The molecule has 1 aliphatic carbocycles. The predicted octanol–water partition coefficient (Wildman–Crippen LogP) is 5.37. The Morgan fingerprint density at radius 1 is 0.857 bits per heavy atom. The van der Waals surface area contributed by atoms with Gasteiger partial charge < -0.3 is 10.1 Å². The number of alkyl halides is 1. The first-order valence-corrected chi connectivity index (χ1v) is 12.8. The highest BCUT2D eigenvalue weighted by Crippen LogP contribution is 2.44. The number of carbonyl (C=O) groups is 3. The van der Waals surface area contributed by atoms with Crippen molar-refractivity contribution in [2.75, 3.05) is 18.5 Å². The van der Waals surface area contributed by atoms with Gasteiger partial charge in [-0.2, -0.15) is 0 Å². The molecule has 0 saturated carbocycles. The number of fused-ring (bicyclic) bond motifs is 4. The van der Waals surface area contributed by atoms with Crippen molar-refractivity contribution in [3.63, 3.8) is 0 Å². The lowest BCUT2D eigenvalue weighted by atomic mass is 9.98. The molecule has 7 heteroatoms. The maximum Gasteiger partial charge on any atom is 0.407 e. The Hall–Kier alpha value is -3.45. The van der Waals surface area contributed by atoms with Crippen LogP contribution in [0.15, 0.2) is 72.8 Å². The number of hydrogen-bond donors (Lipinski definition) is 1. The molecule has 5 rings (SSSR count). The summed E-state index contributed by atoms with van der Waals surface area (Å²) in [6.45, 7) is 0.562. The molecule has 0 bridgehead atoms. The van der Waals surface area contributed by atoms with E-state index in [-0.39, 0.29) is 30.4 Å². The van der Waals surface area contributed by atoms with Gasteiger partial charge in [0.15, 0.2) is 0 Å². The van der Waals surface area contributed by atoms with Crippen molar-refractivity contribution in [1.29, 1.82) is 0 Å². The quantitative estimate of drug-likeness (QED) is 0.312. The zero-order chi connectivity index (χ0) is 24.4. The molecule has 0 aromatic heterocycles. The van der Waals surface area contributed by atoms with Crippen molar-refractivity contribution in [2.45, 2.75) is 24.8 Å². The second kappa shape index (κ2) is 10.0. The molecule has 3 amide bonds. The zero-order valence-corrected chi connectivity index (χ0v) is 20.7. The van der Waals surface area contributed by atoms with Crippen LogP contribution in [0.5, 0.6) is 0 Å². The molecule has 3 aromatic carbocycles. The van der Waals surface area contributed by atoms with Crippen molar-refractivity contribution in [1.82, 2.24) is 10.2 Å². The van der Waals surface area contributed by atoms with Crippen LogP contribution in [0.2, 0.25) is 0 Å². The van der Waals surface area contributed by atoms with Gasteiger partial charge in [0.25, 0.3) is 11.8 Å².